The van der Waals surface area contributed by atoms with Crippen LogP contribution in [0.3, 0.4) is 0 Å². The summed E-state index contributed by atoms with van der Waals surface area (Å²) < 4.78 is 5.62. The highest BCUT2D eigenvalue weighted by atomic mass is 16.5. The summed E-state index contributed by atoms with van der Waals surface area (Å²) in [4.78, 5) is 26.0. The second kappa shape index (κ2) is 9.44. The van der Waals surface area contributed by atoms with Crippen LogP contribution in [-0.2, 0) is 9.59 Å². The molecule has 1 aromatic carbocycles. The van der Waals surface area contributed by atoms with E-state index in [2.05, 4.69) is 12.2 Å². The van der Waals surface area contributed by atoms with Crippen molar-refractivity contribution in [1.82, 2.24) is 10.2 Å². The highest BCUT2D eigenvalue weighted by molar-refractivity contribution is 5.78. The number of hydrogen-bond acceptors (Lipinski definition) is 3. The first-order chi connectivity index (χ1) is 12.0. The van der Waals surface area contributed by atoms with Crippen LogP contribution in [0.25, 0.3) is 0 Å². The monoisotopic (exact) mass is 346 g/mol. The first kappa shape index (κ1) is 19.3. The van der Waals surface area contributed by atoms with Gasteiger partial charge >= 0.3 is 0 Å². The van der Waals surface area contributed by atoms with Crippen molar-refractivity contribution < 1.29 is 14.3 Å². The minimum atomic E-state index is -0.101. The molecule has 138 valence electrons. The maximum atomic E-state index is 12.1. The van der Waals surface area contributed by atoms with E-state index in [4.69, 9.17) is 4.74 Å². The molecule has 1 aromatic rings. The van der Waals surface area contributed by atoms with Crippen molar-refractivity contribution >= 4 is 11.8 Å². The second-order valence-corrected chi connectivity index (χ2v) is 6.88. The summed E-state index contributed by atoms with van der Waals surface area (Å²) in [5.41, 5.74) is 2.21. The van der Waals surface area contributed by atoms with Crippen molar-refractivity contribution in [1.29, 1.82) is 0 Å². The molecular weight excluding hydrogens is 316 g/mol. The molecule has 1 fully saturated rings. The molecule has 0 spiro atoms. The quantitative estimate of drug-likeness (QED) is 0.826. The van der Waals surface area contributed by atoms with E-state index in [0.29, 0.717) is 6.42 Å². The molecule has 0 bridgehead atoms. The number of amides is 2. The molecule has 5 nitrogen and oxygen atoms in total. The predicted octanol–water partition coefficient (Wildman–Crippen LogP) is 2.98. The molecular formula is C20H30N2O3. The van der Waals surface area contributed by atoms with Gasteiger partial charge < -0.3 is 15.0 Å². The summed E-state index contributed by atoms with van der Waals surface area (Å²) in [6.07, 6.45) is 4.25. The number of aryl methyl sites for hydroxylation is 2. The van der Waals surface area contributed by atoms with Crippen molar-refractivity contribution in [2.24, 2.45) is 0 Å². The Kier molecular flexibility index (Phi) is 7.29. The van der Waals surface area contributed by atoms with E-state index >= 15 is 0 Å². The number of ether oxygens (including phenoxy) is 1. The Balaban J connectivity index is 1.70. The summed E-state index contributed by atoms with van der Waals surface area (Å²) in [7, 11) is 0. The number of nitrogens with zero attached hydrogens (tertiary/aromatic N) is 1. The van der Waals surface area contributed by atoms with Gasteiger partial charge in [0.05, 0.1) is 0 Å². The van der Waals surface area contributed by atoms with Crippen LogP contribution in [0, 0.1) is 13.8 Å². The highest BCUT2D eigenvalue weighted by Gasteiger charge is 2.23. The molecule has 2 amide bonds. The topological polar surface area (TPSA) is 58.6 Å². The smallest absolute Gasteiger partial charge is 0.258 e. The summed E-state index contributed by atoms with van der Waals surface area (Å²) in [5, 5.41) is 3.02. The van der Waals surface area contributed by atoms with Gasteiger partial charge in [0, 0.05) is 25.6 Å². The van der Waals surface area contributed by atoms with Gasteiger partial charge in [-0.15, -0.1) is 0 Å². The molecule has 0 aromatic heterocycles. The van der Waals surface area contributed by atoms with Crippen LogP contribution in [-0.4, -0.2) is 42.5 Å². The SMILES string of the molecule is CCCCC(=O)N1CCC(NC(=O)COc2ccc(C)cc2C)CC1. The number of unbranched alkanes of at least 4 members (excludes halogenated alkanes) is 1. The third kappa shape index (κ3) is 6.07. The largest absolute Gasteiger partial charge is 0.484 e. The van der Waals surface area contributed by atoms with E-state index in [9.17, 15) is 9.59 Å². The van der Waals surface area contributed by atoms with Gasteiger partial charge in [-0.25, -0.2) is 0 Å². The van der Waals surface area contributed by atoms with E-state index in [0.717, 1.165) is 50.1 Å². The Hall–Kier alpha value is -2.04. The molecule has 1 N–H and O–H groups in total. The zero-order chi connectivity index (χ0) is 18.2. The zero-order valence-electron chi connectivity index (χ0n) is 15.6. The van der Waals surface area contributed by atoms with Crippen LogP contribution >= 0.6 is 0 Å². The average Bonchev–Trinajstić information content (AvgIpc) is 2.59. The van der Waals surface area contributed by atoms with Crippen molar-refractivity contribution in [3.05, 3.63) is 29.3 Å². The van der Waals surface area contributed by atoms with E-state index in [1.54, 1.807) is 0 Å². The van der Waals surface area contributed by atoms with Crippen LogP contribution in [0.4, 0.5) is 0 Å². The number of nitrogens with one attached hydrogen (secondary N) is 1. The number of hydrogen-bond donors (Lipinski definition) is 1. The minimum Gasteiger partial charge on any atom is -0.484 e. The fourth-order valence-corrected chi connectivity index (χ4v) is 3.13. The van der Waals surface area contributed by atoms with Crippen molar-refractivity contribution in [3.63, 3.8) is 0 Å². The maximum Gasteiger partial charge on any atom is 0.258 e. The lowest BCUT2D eigenvalue weighted by molar-refractivity contribution is -0.132. The molecule has 1 aliphatic heterocycles. The third-order valence-corrected chi connectivity index (χ3v) is 4.65. The highest BCUT2D eigenvalue weighted by Crippen LogP contribution is 2.18. The Bertz CT molecular complexity index is 593. The lowest BCUT2D eigenvalue weighted by atomic mass is 10.0. The normalized spacial score (nSPS) is 15.1. The number of likely N-dealkylation sites (tertiary alicyclic amines) is 1. The lowest BCUT2D eigenvalue weighted by Gasteiger charge is -2.32. The summed E-state index contributed by atoms with van der Waals surface area (Å²) in [6.45, 7) is 7.58. The van der Waals surface area contributed by atoms with Gasteiger partial charge in [0.25, 0.3) is 5.91 Å². The summed E-state index contributed by atoms with van der Waals surface area (Å²) in [5.74, 6) is 0.887. The van der Waals surface area contributed by atoms with Crippen LogP contribution in [0.2, 0.25) is 0 Å². The van der Waals surface area contributed by atoms with Gasteiger partial charge in [0.1, 0.15) is 5.75 Å². The molecule has 1 heterocycles. The van der Waals surface area contributed by atoms with E-state index in [1.165, 1.54) is 5.56 Å². The van der Waals surface area contributed by atoms with Gasteiger partial charge in [-0.2, -0.15) is 0 Å². The van der Waals surface area contributed by atoms with Crippen LogP contribution in [0.1, 0.15) is 50.2 Å². The maximum absolute atomic E-state index is 12.1. The van der Waals surface area contributed by atoms with Crippen molar-refractivity contribution in [2.45, 2.75) is 58.9 Å². The Morgan fingerprint density at radius 1 is 1.24 bits per heavy atom. The number of carbonyl (C=O) groups excluding carboxylic acids is 2. The molecule has 0 saturated carbocycles. The van der Waals surface area contributed by atoms with Crippen molar-refractivity contribution in [2.75, 3.05) is 19.7 Å². The van der Waals surface area contributed by atoms with Crippen LogP contribution < -0.4 is 10.1 Å². The van der Waals surface area contributed by atoms with Crippen LogP contribution in [0.5, 0.6) is 5.75 Å². The van der Waals surface area contributed by atoms with Gasteiger partial charge in [0.2, 0.25) is 5.91 Å². The number of benzene rings is 1. The van der Waals surface area contributed by atoms with Crippen LogP contribution in [0.15, 0.2) is 18.2 Å². The molecule has 2 rings (SSSR count). The van der Waals surface area contributed by atoms with Gasteiger partial charge in [0.15, 0.2) is 6.61 Å². The Labute approximate surface area is 150 Å². The molecule has 1 saturated heterocycles. The number of piperidine rings is 1. The molecule has 25 heavy (non-hydrogen) atoms. The molecule has 0 radical (unpaired) electrons. The molecule has 0 unspecified atom stereocenters. The van der Waals surface area contributed by atoms with Crippen molar-refractivity contribution in [3.8, 4) is 5.75 Å². The molecule has 0 atom stereocenters. The Morgan fingerprint density at radius 3 is 2.60 bits per heavy atom. The van der Waals surface area contributed by atoms with E-state index < -0.39 is 0 Å². The zero-order valence-corrected chi connectivity index (χ0v) is 15.6. The minimum absolute atomic E-state index is 0.0273. The standard InChI is InChI=1S/C20H30N2O3/c1-4-5-6-20(24)22-11-9-17(10-12-22)21-19(23)14-25-18-8-7-15(2)13-16(18)3/h7-8,13,17H,4-6,9-12,14H2,1-3H3,(H,21,23). The first-order valence-electron chi connectivity index (χ1n) is 9.26. The molecule has 0 aliphatic carbocycles. The van der Waals surface area contributed by atoms with E-state index in [1.807, 2.05) is 36.9 Å². The number of carbonyl (C=O) groups is 2. The summed E-state index contributed by atoms with van der Waals surface area (Å²) in [6, 6.07) is 6.05. The fourth-order valence-electron chi connectivity index (χ4n) is 3.13. The average molecular weight is 346 g/mol. The molecule has 5 heteroatoms. The molecule has 1 aliphatic rings. The second-order valence-electron chi connectivity index (χ2n) is 6.88. The predicted molar refractivity (Wildman–Crippen MR) is 98.7 cm³/mol. The van der Waals surface area contributed by atoms with Gasteiger partial charge in [-0.1, -0.05) is 31.0 Å². The first-order valence-corrected chi connectivity index (χ1v) is 9.26. The Morgan fingerprint density at radius 2 is 1.96 bits per heavy atom. The summed E-state index contributed by atoms with van der Waals surface area (Å²) >= 11 is 0. The lowest BCUT2D eigenvalue weighted by Crippen LogP contribution is -2.47. The third-order valence-electron chi connectivity index (χ3n) is 4.65. The van der Waals surface area contributed by atoms with Gasteiger partial charge in [-0.05, 0) is 44.7 Å². The van der Waals surface area contributed by atoms with E-state index in [-0.39, 0.29) is 24.5 Å². The fraction of sp³-hybridized carbons (Fsp3) is 0.600. The van der Waals surface area contributed by atoms with Gasteiger partial charge in [-0.3, -0.25) is 9.59 Å². The number of rotatable bonds is 7.